The lowest BCUT2D eigenvalue weighted by molar-refractivity contribution is 0.102. The van der Waals surface area contributed by atoms with Crippen LogP contribution in [0, 0.1) is 11.7 Å². The van der Waals surface area contributed by atoms with Gasteiger partial charge in [-0.3, -0.25) is 0 Å². The van der Waals surface area contributed by atoms with E-state index in [0.717, 1.165) is 18.5 Å². The molecule has 1 saturated heterocycles. The predicted octanol–water partition coefficient (Wildman–Crippen LogP) is 2.53. The lowest BCUT2D eigenvalue weighted by Gasteiger charge is -2.36. The van der Waals surface area contributed by atoms with Gasteiger partial charge in [0.25, 0.3) is 0 Å². The molecule has 112 valence electrons. The number of benzene rings is 1. The molecule has 4 heteroatoms. The maximum atomic E-state index is 14.2. The summed E-state index contributed by atoms with van der Waals surface area (Å²) < 4.78 is 14.2. The Balaban J connectivity index is 2.06. The molecular weight excluding hydrogens is 255 g/mol. The van der Waals surface area contributed by atoms with Crippen molar-refractivity contribution in [1.82, 2.24) is 5.32 Å². The molecule has 2 rings (SSSR count). The first-order valence-electron chi connectivity index (χ1n) is 7.42. The van der Waals surface area contributed by atoms with Crippen LogP contribution in [0.5, 0.6) is 0 Å². The van der Waals surface area contributed by atoms with Crippen molar-refractivity contribution in [3.8, 4) is 0 Å². The standard InChI is InChI=1S/C16H25FN2O/c1-11(2)18-9-13-4-5-15(14(17)8-13)19-7-6-12(3)16(20)10-19/h4-5,8,11-12,16,18,20H,6-7,9-10H2,1-3H3. The molecular formula is C16H25FN2O. The minimum atomic E-state index is -0.370. The van der Waals surface area contributed by atoms with Crippen LogP contribution < -0.4 is 10.2 Å². The van der Waals surface area contributed by atoms with E-state index >= 15 is 0 Å². The number of aliphatic hydroxyl groups is 1. The van der Waals surface area contributed by atoms with Crippen LogP contribution in [-0.4, -0.2) is 30.3 Å². The summed E-state index contributed by atoms with van der Waals surface area (Å²) in [6.07, 6.45) is 0.530. The van der Waals surface area contributed by atoms with Gasteiger partial charge in [-0.05, 0) is 30.0 Å². The average Bonchev–Trinajstić information content (AvgIpc) is 2.40. The number of hydrogen-bond acceptors (Lipinski definition) is 3. The minimum Gasteiger partial charge on any atom is -0.391 e. The number of piperidine rings is 1. The Bertz CT molecular complexity index is 450. The van der Waals surface area contributed by atoms with Crippen LogP contribution in [0.1, 0.15) is 32.8 Å². The number of aliphatic hydroxyl groups excluding tert-OH is 1. The van der Waals surface area contributed by atoms with Gasteiger partial charge in [0.1, 0.15) is 5.82 Å². The fourth-order valence-corrected chi connectivity index (χ4v) is 2.51. The number of β-amino-alcohol motifs (C(OH)–C–C–N with tert-alkyl or cyclic N) is 1. The van der Waals surface area contributed by atoms with Gasteiger partial charge >= 0.3 is 0 Å². The number of nitrogens with zero attached hydrogens (tertiary/aromatic N) is 1. The Morgan fingerprint density at radius 3 is 2.80 bits per heavy atom. The lowest BCUT2D eigenvalue weighted by atomic mass is 9.95. The van der Waals surface area contributed by atoms with Crippen molar-refractivity contribution in [3.63, 3.8) is 0 Å². The number of anilines is 1. The Labute approximate surface area is 120 Å². The van der Waals surface area contributed by atoms with Crippen LogP contribution in [0.15, 0.2) is 18.2 Å². The van der Waals surface area contributed by atoms with Crippen molar-refractivity contribution in [1.29, 1.82) is 0 Å². The van der Waals surface area contributed by atoms with Crippen molar-refractivity contribution in [2.75, 3.05) is 18.0 Å². The second kappa shape index (κ2) is 6.55. The largest absolute Gasteiger partial charge is 0.391 e. The van der Waals surface area contributed by atoms with Crippen LogP contribution in [0.25, 0.3) is 0 Å². The van der Waals surface area contributed by atoms with E-state index in [1.165, 1.54) is 0 Å². The zero-order valence-corrected chi connectivity index (χ0v) is 12.6. The van der Waals surface area contributed by atoms with Gasteiger partial charge in [0.2, 0.25) is 0 Å². The maximum absolute atomic E-state index is 14.2. The Hall–Kier alpha value is -1.13. The van der Waals surface area contributed by atoms with Crippen molar-refractivity contribution >= 4 is 5.69 Å². The van der Waals surface area contributed by atoms with Crippen molar-refractivity contribution < 1.29 is 9.50 Å². The molecule has 0 radical (unpaired) electrons. The number of halogens is 1. The van der Waals surface area contributed by atoms with Gasteiger partial charge in [0.15, 0.2) is 0 Å². The highest BCUT2D eigenvalue weighted by atomic mass is 19.1. The summed E-state index contributed by atoms with van der Waals surface area (Å²) in [5.41, 5.74) is 1.55. The van der Waals surface area contributed by atoms with E-state index in [2.05, 4.69) is 19.2 Å². The molecule has 1 aliphatic rings. The van der Waals surface area contributed by atoms with Crippen LogP contribution in [-0.2, 0) is 6.54 Å². The van der Waals surface area contributed by atoms with Gasteiger partial charge in [0.05, 0.1) is 11.8 Å². The molecule has 1 aromatic rings. The zero-order valence-electron chi connectivity index (χ0n) is 12.6. The highest BCUT2D eigenvalue weighted by Crippen LogP contribution is 2.26. The van der Waals surface area contributed by atoms with Gasteiger partial charge in [0, 0.05) is 25.7 Å². The molecule has 1 fully saturated rings. The SMILES string of the molecule is CC(C)NCc1ccc(N2CCC(C)C(O)C2)c(F)c1. The molecule has 2 N–H and O–H groups in total. The van der Waals surface area contributed by atoms with Gasteiger partial charge in [-0.1, -0.05) is 26.8 Å². The van der Waals surface area contributed by atoms with Gasteiger partial charge < -0.3 is 15.3 Å². The summed E-state index contributed by atoms with van der Waals surface area (Å²) in [6.45, 7) is 8.18. The Morgan fingerprint density at radius 1 is 1.45 bits per heavy atom. The maximum Gasteiger partial charge on any atom is 0.146 e. The third-order valence-electron chi connectivity index (χ3n) is 3.99. The summed E-state index contributed by atoms with van der Waals surface area (Å²) in [7, 11) is 0. The molecule has 0 aromatic heterocycles. The third kappa shape index (κ3) is 3.70. The van der Waals surface area contributed by atoms with E-state index in [9.17, 15) is 9.50 Å². The normalized spacial score (nSPS) is 23.4. The molecule has 1 aromatic carbocycles. The van der Waals surface area contributed by atoms with E-state index in [1.807, 2.05) is 24.0 Å². The molecule has 0 saturated carbocycles. The summed E-state index contributed by atoms with van der Waals surface area (Å²) in [6, 6.07) is 5.76. The minimum absolute atomic E-state index is 0.199. The molecule has 3 nitrogen and oxygen atoms in total. The average molecular weight is 280 g/mol. The summed E-state index contributed by atoms with van der Waals surface area (Å²) >= 11 is 0. The lowest BCUT2D eigenvalue weighted by Crippen LogP contribution is -2.43. The predicted molar refractivity (Wildman–Crippen MR) is 80.4 cm³/mol. The molecule has 2 atom stereocenters. The number of nitrogens with one attached hydrogen (secondary N) is 1. The monoisotopic (exact) mass is 280 g/mol. The quantitative estimate of drug-likeness (QED) is 0.889. The van der Waals surface area contributed by atoms with Gasteiger partial charge in [-0.15, -0.1) is 0 Å². The highest BCUT2D eigenvalue weighted by Gasteiger charge is 2.25. The Morgan fingerprint density at radius 2 is 2.20 bits per heavy atom. The number of rotatable bonds is 4. The van der Waals surface area contributed by atoms with E-state index < -0.39 is 0 Å². The van der Waals surface area contributed by atoms with Gasteiger partial charge in [-0.2, -0.15) is 0 Å². The molecule has 0 aliphatic carbocycles. The molecule has 1 aliphatic heterocycles. The number of hydrogen-bond donors (Lipinski definition) is 2. The van der Waals surface area contributed by atoms with Crippen LogP contribution in [0.3, 0.4) is 0 Å². The van der Waals surface area contributed by atoms with E-state index in [4.69, 9.17) is 0 Å². The molecule has 2 unspecified atom stereocenters. The second-order valence-electron chi connectivity index (χ2n) is 6.10. The van der Waals surface area contributed by atoms with Crippen molar-refractivity contribution in [3.05, 3.63) is 29.6 Å². The smallest absolute Gasteiger partial charge is 0.146 e. The van der Waals surface area contributed by atoms with Crippen LogP contribution >= 0.6 is 0 Å². The van der Waals surface area contributed by atoms with Crippen molar-refractivity contribution in [2.45, 2.75) is 45.9 Å². The fraction of sp³-hybridized carbons (Fsp3) is 0.625. The van der Waals surface area contributed by atoms with E-state index in [1.54, 1.807) is 6.07 Å². The fourth-order valence-electron chi connectivity index (χ4n) is 2.51. The van der Waals surface area contributed by atoms with Crippen LogP contribution in [0.2, 0.25) is 0 Å². The van der Waals surface area contributed by atoms with E-state index in [-0.39, 0.29) is 11.9 Å². The topological polar surface area (TPSA) is 35.5 Å². The summed E-state index contributed by atoms with van der Waals surface area (Å²) in [5.74, 6) is 0.0960. The second-order valence-corrected chi connectivity index (χ2v) is 6.10. The third-order valence-corrected chi connectivity index (χ3v) is 3.99. The molecule has 0 bridgehead atoms. The molecule has 20 heavy (non-hydrogen) atoms. The summed E-state index contributed by atoms with van der Waals surface area (Å²) in [4.78, 5) is 1.94. The first-order chi connectivity index (χ1) is 9.47. The first kappa shape index (κ1) is 15.3. The van der Waals surface area contributed by atoms with Crippen LogP contribution in [0.4, 0.5) is 10.1 Å². The van der Waals surface area contributed by atoms with Gasteiger partial charge in [-0.25, -0.2) is 4.39 Å². The van der Waals surface area contributed by atoms with E-state index in [0.29, 0.717) is 30.7 Å². The zero-order chi connectivity index (χ0) is 14.7. The highest BCUT2D eigenvalue weighted by molar-refractivity contribution is 5.49. The summed E-state index contributed by atoms with van der Waals surface area (Å²) in [5, 5.41) is 13.2. The Kier molecular flexibility index (Phi) is 5.00. The van der Waals surface area contributed by atoms with Crippen molar-refractivity contribution in [2.24, 2.45) is 5.92 Å². The molecule has 0 spiro atoms. The first-order valence-corrected chi connectivity index (χ1v) is 7.42. The molecule has 0 amide bonds. The molecule has 1 heterocycles.